The molecule has 0 unspecified atom stereocenters. The number of halogens is 1. The van der Waals surface area contributed by atoms with E-state index in [0.29, 0.717) is 18.5 Å². The maximum atomic E-state index is 13.5. The van der Waals surface area contributed by atoms with E-state index in [1.807, 2.05) is 13.0 Å². The molecule has 5 heteroatoms. The SMILES string of the molecule is CCN1CCC(Nc2cc(C)cc(F)c2)(C(N)=O)CC1. The average molecular weight is 279 g/mol. The zero-order valence-corrected chi connectivity index (χ0v) is 12.1. The third-order valence-corrected chi connectivity index (χ3v) is 4.05. The summed E-state index contributed by atoms with van der Waals surface area (Å²) in [6.07, 6.45) is 1.29. The van der Waals surface area contributed by atoms with Crippen LogP contribution >= 0.6 is 0 Å². The molecule has 1 amide bonds. The summed E-state index contributed by atoms with van der Waals surface area (Å²) in [4.78, 5) is 14.2. The van der Waals surface area contributed by atoms with Crippen molar-refractivity contribution < 1.29 is 9.18 Å². The predicted octanol–water partition coefficient (Wildman–Crippen LogP) is 1.89. The van der Waals surface area contributed by atoms with Crippen LogP contribution in [0.1, 0.15) is 25.3 Å². The largest absolute Gasteiger partial charge is 0.371 e. The Bertz CT molecular complexity index is 476. The van der Waals surface area contributed by atoms with Crippen LogP contribution in [0.5, 0.6) is 0 Å². The Morgan fingerprint density at radius 3 is 2.55 bits per heavy atom. The van der Waals surface area contributed by atoms with Gasteiger partial charge in [-0.1, -0.05) is 6.92 Å². The zero-order chi connectivity index (χ0) is 14.8. The zero-order valence-electron chi connectivity index (χ0n) is 12.1. The van der Waals surface area contributed by atoms with E-state index >= 15 is 0 Å². The van der Waals surface area contributed by atoms with Crippen molar-refractivity contribution in [2.24, 2.45) is 5.73 Å². The molecule has 1 aromatic carbocycles. The molecule has 4 nitrogen and oxygen atoms in total. The first-order valence-electron chi connectivity index (χ1n) is 7.03. The predicted molar refractivity (Wildman–Crippen MR) is 78.0 cm³/mol. The van der Waals surface area contributed by atoms with Crippen molar-refractivity contribution in [1.29, 1.82) is 0 Å². The van der Waals surface area contributed by atoms with Gasteiger partial charge in [-0.2, -0.15) is 0 Å². The molecule has 0 saturated carbocycles. The molecule has 20 heavy (non-hydrogen) atoms. The maximum absolute atomic E-state index is 13.5. The van der Waals surface area contributed by atoms with Crippen LogP contribution in [0, 0.1) is 12.7 Å². The van der Waals surface area contributed by atoms with Crippen LogP contribution in [0.2, 0.25) is 0 Å². The average Bonchev–Trinajstić information content (AvgIpc) is 2.38. The van der Waals surface area contributed by atoms with E-state index in [0.717, 1.165) is 25.2 Å². The minimum Gasteiger partial charge on any atom is -0.371 e. The Morgan fingerprint density at radius 1 is 1.40 bits per heavy atom. The van der Waals surface area contributed by atoms with E-state index in [2.05, 4.69) is 17.1 Å². The van der Waals surface area contributed by atoms with Gasteiger partial charge in [-0.05, 0) is 50.1 Å². The lowest BCUT2D eigenvalue weighted by Crippen LogP contribution is -2.57. The first-order valence-corrected chi connectivity index (χ1v) is 7.03. The molecule has 3 N–H and O–H groups in total. The fourth-order valence-corrected chi connectivity index (χ4v) is 2.77. The number of amides is 1. The van der Waals surface area contributed by atoms with E-state index in [4.69, 9.17) is 5.73 Å². The van der Waals surface area contributed by atoms with Gasteiger partial charge in [0.2, 0.25) is 5.91 Å². The normalized spacial score (nSPS) is 18.8. The second kappa shape index (κ2) is 5.79. The quantitative estimate of drug-likeness (QED) is 0.885. The van der Waals surface area contributed by atoms with Gasteiger partial charge in [0.1, 0.15) is 11.4 Å². The second-order valence-corrected chi connectivity index (χ2v) is 5.52. The van der Waals surface area contributed by atoms with E-state index < -0.39 is 5.54 Å². The van der Waals surface area contributed by atoms with Crippen LogP contribution < -0.4 is 11.1 Å². The monoisotopic (exact) mass is 279 g/mol. The van der Waals surface area contributed by atoms with E-state index in [9.17, 15) is 9.18 Å². The van der Waals surface area contributed by atoms with Crippen molar-refractivity contribution in [1.82, 2.24) is 4.90 Å². The highest BCUT2D eigenvalue weighted by Gasteiger charge is 2.39. The van der Waals surface area contributed by atoms with Crippen LogP contribution in [0.15, 0.2) is 18.2 Å². The first kappa shape index (κ1) is 14.8. The number of nitrogens with one attached hydrogen (secondary N) is 1. The lowest BCUT2D eigenvalue weighted by molar-refractivity contribution is -0.123. The van der Waals surface area contributed by atoms with Gasteiger partial charge in [0.25, 0.3) is 0 Å². The second-order valence-electron chi connectivity index (χ2n) is 5.52. The van der Waals surface area contributed by atoms with Crippen LogP contribution in [-0.2, 0) is 4.79 Å². The van der Waals surface area contributed by atoms with Crippen LogP contribution in [0.25, 0.3) is 0 Å². The van der Waals surface area contributed by atoms with Crippen molar-refractivity contribution in [3.8, 4) is 0 Å². The number of nitrogens with two attached hydrogens (primary N) is 1. The highest BCUT2D eigenvalue weighted by Crippen LogP contribution is 2.27. The number of hydrogen-bond acceptors (Lipinski definition) is 3. The number of carbonyl (C=O) groups excluding carboxylic acids is 1. The van der Waals surface area contributed by atoms with Gasteiger partial charge in [0.15, 0.2) is 0 Å². The third kappa shape index (κ3) is 3.10. The molecule has 1 saturated heterocycles. The molecule has 1 fully saturated rings. The Kier molecular flexibility index (Phi) is 4.28. The molecule has 0 aliphatic carbocycles. The molecular weight excluding hydrogens is 257 g/mol. The lowest BCUT2D eigenvalue weighted by Gasteiger charge is -2.40. The van der Waals surface area contributed by atoms with Crippen molar-refractivity contribution in [3.63, 3.8) is 0 Å². The highest BCUT2D eigenvalue weighted by atomic mass is 19.1. The number of nitrogens with zero attached hydrogens (tertiary/aromatic N) is 1. The molecule has 0 radical (unpaired) electrons. The number of primary amides is 1. The van der Waals surface area contributed by atoms with Crippen molar-refractivity contribution in [3.05, 3.63) is 29.6 Å². The molecule has 0 aromatic heterocycles. The number of benzene rings is 1. The van der Waals surface area contributed by atoms with Crippen LogP contribution in [0.3, 0.4) is 0 Å². The third-order valence-electron chi connectivity index (χ3n) is 4.05. The van der Waals surface area contributed by atoms with E-state index in [-0.39, 0.29) is 11.7 Å². The van der Waals surface area contributed by atoms with E-state index in [1.165, 1.54) is 12.1 Å². The first-order chi connectivity index (χ1) is 9.45. The molecule has 1 heterocycles. The summed E-state index contributed by atoms with van der Waals surface area (Å²) >= 11 is 0. The standard InChI is InChI=1S/C15H22FN3O/c1-3-19-6-4-15(5-7-19,14(17)20)18-13-9-11(2)8-12(16)10-13/h8-10,18H,3-7H2,1-2H3,(H2,17,20). The maximum Gasteiger partial charge on any atom is 0.243 e. The molecule has 0 bridgehead atoms. The van der Waals surface area contributed by atoms with Gasteiger partial charge in [0, 0.05) is 18.8 Å². The minimum absolute atomic E-state index is 0.307. The summed E-state index contributed by atoms with van der Waals surface area (Å²) in [6.45, 7) is 6.53. The molecule has 0 atom stereocenters. The summed E-state index contributed by atoms with van der Waals surface area (Å²) in [5.41, 5.74) is 6.26. The highest BCUT2D eigenvalue weighted by molar-refractivity contribution is 5.88. The number of hydrogen-bond donors (Lipinski definition) is 2. The summed E-state index contributed by atoms with van der Waals surface area (Å²) in [6, 6.07) is 4.70. The van der Waals surface area contributed by atoms with Gasteiger partial charge < -0.3 is 16.0 Å². The Labute approximate surface area is 119 Å². The summed E-state index contributed by atoms with van der Waals surface area (Å²) in [5.74, 6) is -0.673. The molecule has 1 aromatic rings. The summed E-state index contributed by atoms with van der Waals surface area (Å²) in [7, 11) is 0. The van der Waals surface area contributed by atoms with Crippen LogP contribution in [-0.4, -0.2) is 36.0 Å². The van der Waals surface area contributed by atoms with Crippen molar-refractivity contribution in [2.45, 2.75) is 32.2 Å². The molecule has 110 valence electrons. The van der Waals surface area contributed by atoms with E-state index in [1.54, 1.807) is 0 Å². The molecule has 0 spiro atoms. The number of carbonyl (C=O) groups is 1. The number of likely N-dealkylation sites (tertiary alicyclic amines) is 1. The topological polar surface area (TPSA) is 58.4 Å². The Hall–Kier alpha value is -1.62. The lowest BCUT2D eigenvalue weighted by atomic mass is 9.86. The molecular formula is C15H22FN3O. The van der Waals surface area contributed by atoms with Crippen LogP contribution in [0.4, 0.5) is 10.1 Å². The number of anilines is 1. The van der Waals surface area contributed by atoms with Crippen molar-refractivity contribution >= 4 is 11.6 Å². The smallest absolute Gasteiger partial charge is 0.243 e. The van der Waals surface area contributed by atoms with Gasteiger partial charge in [-0.3, -0.25) is 4.79 Å². The number of aryl methyl sites for hydroxylation is 1. The van der Waals surface area contributed by atoms with Gasteiger partial charge >= 0.3 is 0 Å². The van der Waals surface area contributed by atoms with Gasteiger partial charge in [-0.15, -0.1) is 0 Å². The fraction of sp³-hybridized carbons (Fsp3) is 0.533. The molecule has 1 aliphatic heterocycles. The molecule has 2 rings (SSSR count). The number of piperidine rings is 1. The van der Waals surface area contributed by atoms with Crippen molar-refractivity contribution in [2.75, 3.05) is 25.0 Å². The fourth-order valence-electron chi connectivity index (χ4n) is 2.77. The Morgan fingerprint density at radius 2 is 2.05 bits per heavy atom. The summed E-state index contributed by atoms with van der Waals surface area (Å²) in [5, 5.41) is 3.18. The Balaban J connectivity index is 2.20. The minimum atomic E-state index is -0.772. The number of rotatable bonds is 4. The van der Waals surface area contributed by atoms with Gasteiger partial charge in [-0.25, -0.2) is 4.39 Å². The summed E-state index contributed by atoms with van der Waals surface area (Å²) < 4.78 is 13.5. The molecule has 1 aliphatic rings. The van der Waals surface area contributed by atoms with Gasteiger partial charge in [0.05, 0.1) is 0 Å².